The molecule has 1 heterocycles. The van der Waals surface area contributed by atoms with E-state index in [2.05, 4.69) is 10.9 Å². The minimum absolute atomic E-state index is 0.167. The Hall–Kier alpha value is -1.24. The Bertz CT molecular complexity index is 506. The molecule has 3 nitrogen and oxygen atoms in total. The second kappa shape index (κ2) is 5.60. The van der Waals surface area contributed by atoms with Gasteiger partial charge in [-0.15, -0.1) is 6.42 Å². The van der Waals surface area contributed by atoms with Crippen molar-refractivity contribution in [3.05, 3.63) is 28.0 Å². The third-order valence-corrected chi connectivity index (χ3v) is 3.27. The van der Waals surface area contributed by atoms with Crippen LogP contribution >= 0.6 is 23.2 Å². The van der Waals surface area contributed by atoms with Crippen molar-refractivity contribution in [3.63, 3.8) is 0 Å². The van der Waals surface area contributed by atoms with Crippen LogP contribution in [0.25, 0.3) is 0 Å². The molecule has 1 fully saturated rings. The number of pyridine rings is 1. The zero-order chi connectivity index (χ0) is 13.1. The Labute approximate surface area is 116 Å². The lowest BCUT2D eigenvalue weighted by Crippen LogP contribution is -2.34. The van der Waals surface area contributed by atoms with Crippen molar-refractivity contribution < 1.29 is 4.79 Å². The van der Waals surface area contributed by atoms with Gasteiger partial charge in [-0.2, -0.15) is 0 Å². The summed E-state index contributed by atoms with van der Waals surface area (Å²) in [5.41, 5.74) is 0.167. The number of nitrogens with zero attached hydrogens (tertiary/aromatic N) is 2. The number of amides is 1. The molecule has 0 N–H and O–H groups in total. The van der Waals surface area contributed by atoms with E-state index in [9.17, 15) is 4.79 Å². The van der Waals surface area contributed by atoms with E-state index in [0.29, 0.717) is 17.5 Å². The monoisotopic (exact) mass is 282 g/mol. The Morgan fingerprint density at radius 2 is 2.22 bits per heavy atom. The smallest absolute Gasteiger partial charge is 0.274 e. The molecule has 0 aromatic carbocycles. The van der Waals surface area contributed by atoms with Crippen LogP contribution in [0.15, 0.2) is 12.1 Å². The third kappa shape index (κ3) is 3.16. The first-order valence-electron chi connectivity index (χ1n) is 5.66. The van der Waals surface area contributed by atoms with Crippen LogP contribution in [-0.4, -0.2) is 28.9 Å². The summed E-state index contributed by atoms with van der Waals surface area (Å²) in [5, 5.41) is 0.539. The van der Waals surface area contributed by atoms with Gasteiger partial charge in [0, 0.05) is 6.54 Å². The molecule has 1 amide bonds. The molecule has 0 aliphatic heterocycles. The second-order valence-electron chi connectivity index (χ2n) is 4.30. The minimum Gasteiger partial charge on any atom is -0.326 e. The van der Waals surface area contributed by atoms with Crippen LogP contribution in [0, 0.1) is 18.3 Å². The fraction of sp³-hybridized carbons (Fsp3) is 0.385. The molecule has 18 heavy (non-hydrogen) atoms. The zero-order valence-electron chi connectivity index (χ0n) is 9.70. The lowest BCUT2D eigenvalue weighted by Gasteiger charge is -2.20. The molecule has 2 rings (SSSR count). The number of halogens is 2. The van der Waals surface area contributed by atoms with E-state index in [-0.39, 0.29) is 23.3 Å². The number of hydrogen-bond acceptors (Lipinski definition) is 2. The molecule has 0 atom stereocenters. The van der Waals surface area contributed by atoms with Crippen molar-refractivity contribution in [2.45, 2.75) is 12.8 Å². The first-order chi connectivity index (χ1) is 8.61. The Kier molecular flexibility index (Phi) is 4.11. The molecular weight excluding hydrogens is 271 g/mol. The van der Waals surface area contributed by atoms with E-state index in [4.69, 9.17) is 29.6 Å². The van der Waals surface area contributed by atoms with Gasteiger partial charge < -0.3 is 4.90 Å². The molecule has 0 saturated heterocycles. The summed E-state index contributed by atoms with van der Waals surface area (Å²) in [6.45, 7) is 0.924. The highest BCUT2D eigenvalue weighted by molar-refractivity contribution is 6.34. The van der Waals surface area contributed by atoms with Gasteiger partial charge in [0.15, 0.2) is 0 Å². The van der Waals surface area contributed by atoms with Crippen molar-refractivity contribution in [2.24, 2.45) is 5.92 Å². The first kappa shape index (κ1) is 13.2. The van der Waals surface area contributed by atoms with E-state index in [0.717, 1.165) is 12.8 Å². The highest BCUT2D eigenvalue weighted by Gasteiger charge is 2.28. The van der Waals surface area contributed by atoms with Gasteiger partial charge in [-0.1, -0.05) is 29.1 Å². The summed E-state index contributed by atoms with van der Waals surface area (Å²) >= 11 is 11.7. The number of rotatable bonds is 4. The van der Waals surface area contributed by atoms with Crippen LogP contribution in [0.4, 0.5) is 0 Å². The summed E-state index contributed by atoms with van der Waals surface area (Å²) in [6.07, 6.45) is 7.57. The number of terminal acetylenes is 1. The molecule has 1 saturated carbocycles. The fourth-order valence-electron chi connectivity index (χ4n) is 1.66. The third-order valence-electron chi connectivity index (χ3n) is 2.76. The summed E-state index contributed by atoms with van der Waals surface area (Å²) in [5.74, 6) is 2.79. The van der Waals surface area contributed by atoms with Gasteiger partial charge in [0.25, 0.3) is 5.91 Å². The van der Waals surface area contributed by atoms with Crippen LogP contribution < -0.4 is 0 Å². The lowest BCUT2D eigenvalue weighted by molar-refractivity contribution is 0.0764. The predicted molar refractivity (Wildman–Crippen MR) is 71.7 cm³/mol. The van der Waals surface area contributed by atoms with E-state index >= 15 is 0 Å². The molecule has 0 spiro atoms. The average Bonchev–Trinajstić information content (AvgIpc) is 3.15. The quantitative estimate of drug-likeness (QED) is 0.629. The maximum absolute atomic E-state index is 12.3. The fourth-order valence-corrected chi connectivity index (χ4v) is 1.99. The number of aromatic nitrogens is 1. The van der Waals surface area contributed by atoms with E-state index in [1.54, 1.807) is 17.0 Å². The normalized spacial score (nSPS) is 14.1. The standard InChI is InChI=1S/C13H12Cl2N2O/c1-2-7-17(8-9-3-4-9)13(18)12-10(14)5-6-11(15)16-12/h1,5-6,9H,3-4,7-8H2. The van der Waals surface area contributed by atoms with Gasteiger partial charge in [0.1, 0.15) is 10.8 Å². The lowest BCUT2D eigenvalue weighted by atomic mass is 10.2. The van der Waals surface area contributed by atoms with Gasteiger partial charge in [0.05, 0.1) is 11.6 Å². The minimum atomic E-state index is -0.257. The maximum Gasteiger partial charge on any atom is 0.274 e. The summed E-state index contributed by atoms with van der Waals surface area (Å²) < 4.78 is 0. The summed E-state index contributed by atoms with van der Waals surface area (Å²) in [7, 11) is 0. The van der Waals surface area contributed by atoms with Crippen LogP contribution in [0.1, 0.15) is 23.3 Å². The average molecular weight is 283 g/mol. The zero-order valence-corrected chi connectivity index (χ0v) is 11.2. The van der Waals surface area contributed by atoms with Gasteiger partial charge in [0.2, 0.25) is 0 Å². The van der Waals surface area contributed by atoms with E-state index in [1.807, 2.05) is 0 Å². The molecule has 1 aromatic rings. The van der Waals surface area contributed by atoms with Crippen molar-refractivity contribution in [1.29, 1.82) is 0 Å². The molecule has 94 valence electrons. The predicted octanol–water partition coefficient (Wildman–Crippen LogP) is 2.87. The Morgan fingerprint density at radius 3 is 2.83 bits per heavy atom. The number of hydrogen-bond donors (Lipinski definition) is 0. The molecule has 1 aliphatic rings. The molecule has 1 aromatic heterocycles. The molecule has 0 unspecified atom stereocenters. The molecule has 1 aliphatic carbocycles. The van der Waals surface area contributed by atoms with Gasteiger partial charge >= 0.3 is 0 Å². The van der Waals surface area contributed by atoms with Crippen molar-refractivity contribution in [2.75, 3.05) is 13.1 Å². The summed E-state index contributed by atoms with van der Waals surface area (Å²) in [4.78, 5) is 17.9. The second-order valence-corrected chi connectivity index (χ2v) is 5.09. The van der Waals surface area contributed by atoms with Crippen molar-refractivity contribution >= 4 is 29.1 Å². The Morgan fingerprint density at radius 1 is 1.50 bits per heavy atom. The highest BCUT2D eigenvalue weighted by atomic mass is 35.5. The molecule has 5 heteroatoms. The number of carbonyl (C=O) groups is 1. The van der Waals surface area contributed by atoms with Crippen LogP contribution in [-0.2, 0) is 0 Å². The SMILES string of the molecule is C#CCN(CC1CC1)C(=O)c1nc(Cl)ccc1Cl. The van der Waals surface area contributed by atoms with Crippen LogP contribution in [0.5, 0.6) is 0 Å². The molecular formula is C13H12Cl2N2O. The number of carbonyl (C=O) groups excluding carboxylic acids is 1. The van der Waals surface area contributed by atoms with E-state index in [1.165, 1.54) is 0 Å². The van der Waals surface area contributed by atoms with Crippen molar-refractivity contribution in [3.8, 4) is 12.3 Å². The topological polar surface area (TPSA) is 33.2 Å². The van der Waals surface area contributed by atoms with Gasteiger partial charge in [-0.3, -0.25) is 4.79 Å². The molecule has 0 bridgehead atoms. The van der Waals surface area contributed by atoms with Gasteiger partial charge in [-0.25, -0.2) is 4.98 Å². The van der Waals surface area contributed by atoms with Gasteiger partial charge in [-0.05, 0) is 30.9 Å². The highest BCUT2D eigenvalue weighted by Crippen LogP contribution is 2.30. The van der Waals surface area contributed by atoms with Crippen molar-refractivity contribution in [1.82, 2.24) is 9.88 Å². The van der Waals surface area contributed by atoms with Crippen LogP contribution in [0.2, 0.25) is 10.2 Å². The van der Waals surface area contributed by atoms with Crippen LogP contribution in [0.3, 0.4) is 0 Å². The van der Waals surface area contributed by atoms with E-state index < -0.39 is 0 Å². The largest absolute Gasteiger partial charge is 0.326 e. The first-order valence-corrected chi connectivity index (χ1v) is 6.42. The maximum atomic E-state index is 12.3. The summed E-state index contributed by atoms with van der Waals surface area (Å²) in [6, 6.07) is 3.11. The molecule has 0 radical (unpaired) electrons. The Balaban J connectivity index is 2.20.